The second-order valence-electron chi connectivity index (χ2n) is 4.59. The van der Waals surface area contributed by atoms with E-state index >= 15 is 0 Å². The topological polar surface area (TPSA) is 86.7 Å². The van der Waals surface area contributed by atoms with Crippen LogP contribution in [0.3, 0.4) is 0 Å². The summed E-state index contributed by atoms with van der Waals surface area (Å²) in [6.07, 6.45) is 0.450. The summed E-state index contributed by atoms with van der Waals surface area (Å²) in [6, 6.07) is 3.61. The summed E-state index contributed by atoms with van der Waals surface area (Å²) >= 11 is 0. The zero-order valence-corrected chi connectivity index (χ0v) is 11.7. The molecule has 8 heteroatoms. The molecular weight excluding hydrogens is 287 g/mol. The third-order valence-corrected chi connectivity index (χ3v) is 4.79. The number of carboxylic acids is 1. The Balaban J connectivity index is 2.26. The van der Waals surface area contributed by atoms with Crippen LogP contribution in [-0.2, 0) is 14.8 Å². The zero-order chi connectivity index (χ0) is 14.9. The van der Waals surface area contributed by atoms with E-state index in [4.69, 9.17) is 5.11 Å². The van der Waals surface area contributed by atoms with Gasteiger partial charge in [0.2, 0.25) is 10.0 Å². The number of anilines is 1. The van der Waals surface area contributed by atoms with Crippen molar-refractivity contribution in [1.82, 2.24) is 4.72 Å². The van der Waals surface area contributed by atoms with E-state index in [1.54, 1.807) is 4.90 Å². The summed E-state index contributed by atoms with van der Waals surface area (Å²) < 4.78 is 39.2. The number of nitrogens with one attached hydrogen (secondary N) is 1. The maximum atomic E-state index is 14.0. The van der Waals surface area contributed by atoms with Gasteiger partial charge in [-0.1, -0.05) is 0 Å². The molecule has 0 radical (unpaired) electrons. The van der Waals surface area contributed by atoms with Crippen LogP contribution in [0.4, 0.5) is 10.1 Å². The Morgan fingerprint density at radius 2 is 2.20 bits per heavy atom. The number of carbonyl (C=O) groups is 1. The molecule has 0 aromatic heterocycles. The second-order valence-corrected chi connectivity index (χ2v) is 6.48. The van der Waals surface area contributed by atoms with Crippen molar-refractivity contribution < 1.29 is 22.7 Å². The number of hydrogen-bond donors (Lipinski definition) is 2. The smallest absolute Gasteiger partial charge is 0.308 e. The molecule has 1 saturated heterocycles. The Morgan fingerprint density at radius 1 is 1.50 bits per heavy atom. The molecule has 2 N–H and O–H groups in total. The van der Waals surface area contributed by atoms with Crippen LogP contribution < -0.4 is 9.62 Å². The van der Waals surface area contributed by atoms with Gasteiger partial charge in [-0.15, -0.1) is 0 Å². The van der Waals surface area contributed by atoms with E-state index in [2.05, 4.69) is 4.72 Å². The number of rotatable bonds is 4. The molecule has 0 aliphatic carbocycles. The summed E-state index contributed by atoms with van der Waals surface area (Å²) in [5.74, 6) is -2.09. The minimum absolute atomic E-state index is 0.157. The molecule has 1 aromatic carbocycles. The number of carboxylic acid groups (broad SMARTS) is 1. The van der Waals surface area contributed by atoms with Gasteiger partial charge in [0, 0.05) is 13.1 Å². The summed E-state index contributed by atoms with van der Waals surface area (Å²) in [5, 5.41) is 8.92. The molecular formula is C12H15FN2O4S. The third-order valence-electron chi connectivity index (χ3n) is 3.38. The highest BCUT2D eigenvalue weighted by Crippen LogP contribution is 2.28. The van der Waals surface area contributed by atoms with E-state index in [0.717, 1.165) is 6.07 Å². The number of hydrogen-bond acceptors (Lipinski definition) is 4. The van der Waals surface area contributed by atoms with Gasteiger partial charge in [0.15, 0.2) is 0 Å². The molecule has 1 aromatic rings. The molecule has 6 nitrogen and oxygen atoms in total. The van der Waals surface area contributed by atoms with Crippen molar-refractivity contribution in [3.05, 3.63) is 24.0 Å². The Hall–Kier alpha value is -1.67. The largest absolute Gasteiger partial charge is 0.481 e. The monoisotopic (exact) mass is 302 g/mol. The first-order valence-electron chi connectivity index (χ1n) is 6.06. The van der Waals surface area contributed by atoms with Crippen LogP contribution in [0.15, 0.2) is 23.1 Å². The number of nitrogens with zero attached hydrogens (tertiary/aromatic N) is 1. The first-order chi connectivity index (χ1) is 9.35. The lowest BCUT2D eigenvalue weighted by Crippen LogP contribution is -2.24. The van der Waals surface area contributed by atoms with Gasteiger partial charge in [0.05, 0.1) is 16.5 Å². The van der Waals surface area contributed by atoms with Gasteiger partial charge in [-0.05, 0) is 31.7 Å². The van der Waals surface area contributed by atoms with E-state index in [0.29, 0.717) is 13.0 Å². The van der Waals surface area contributed by atoms with E-state index in [9.17, 15) is 17.6 Å². The van der Waals surface area contributed by atoms with Crippen molar-refractivity contribution in [1.29, 1.82) is 0 Å². The van der Waals surface area contributed by atoms with Gasteiger partial charge in [-0.2, -0.15) is 0 Å². The Kier molecular flexibility index (Phi) is 3.96. The number of benzene rings is 1. The average Bonchev–Trinajstić information content (AvgIpc) is 2.88. The molecule has 1 unspecified atom stereocenters. The third kappa shape index (κ3) is 2.75. The van der Waals surface area contributed by atoms with Crippen LogP contribution in [0.2, 0.25) is 0 Å². The molecule has 110 valence electrons. The highest BCUT2D eigenvalue weighted by molar-refractivity contribution is 7.89. The first-order valence-corrected chi connectivity index (χ1v) is 7.54. The molecule has 1 fully saturated rings. The average molecular weight is 302 g/mol. The Bertz CT molecular complexity index is 632. The van der Waals surface area contributed by atoms with Crippen molar-refractivity contribution in [3.8, 4) is 0 Å². The lowest BCUT2D eigenvalue weighted by Gasteiger charge is -2.19. The number of aliphatic carboxylic acids is 1. The summed E-state index contributed by atoms with van der Waals surface area (Å²) in [7, 11) is -2.44. The van der Waals surface area contributed by atoms with Crippen molar-refractivity contribution >= 4 is 21.7 Å². The van der Waals surface area contributed by atoms with Gasteiger partial charge >= 0.3 is 5.97 Å². The van der Waals surface area contributed by atoms with Crippen LogP contribution in [0.25, 0.3) is 0 Å². The van der Waals surface area contributed by atoms with Gasteiger partial charge in [0.25, 0.3) is 0 Å². The normalized spacial score (nSPS) is 19.3. The molecule has 1 aliphatic rings. The fraction of sp³-hybridized carbons (Fsp3) is 0.417. The fourth-order valence-corrected chi connectivity index (χ4v) is 2.95. The van der Waals surface area contributed by atoms with Gasteiger partial charge < -0.3 is 10.0 Å². The van der Waals surface area contributed by atoms with Crippen LogP contribution in [0.5, 0.6) is 0 Å². The summed E-state index contributed by atoms with van der Waals surface area (Å²) in [4.78, 5) is 12.3. The van der Waals surface area contributed by atoms with Crippen LogP contribution in [-0.4, -0.2) is 39.6 Å². The quantitative estimate of drug-likeness (QED) is 0.852. The lowest BCUT2D eigenvalue weighted by atomic mass is 10.1. The van der Waals surface area contributed by atoms with E-state index in [-0.39, 0.29) is 17.1 Å². The maximum Gasteiger partial charge on any atom is 0.308 e. The standard InChI is InChI=1S/C12H15FN2O4S/c1-14-20(18,19)9-2-3-11(10(13)6-9)15-5-4-8(7-15)12(16)17/h2-3,6,8,14H,4-5,7H2,1H3,(H,16,17). The zero-order valence-electron chi connectivity index (χ0n) is 10.8. The van der Waals surface area contributed by atoms with Crippen LogP contribution in [0.1, 0.15) is 6.42 Å². The highest BCUT2D eigenvalue weighted by Gasteiger charge is 2.29. The van der Waals surface area contributed by atoms with Crippen molar-refractivity contribution in [2.75, 3.05) is 25.0 Å². The molecule has 20 heavy (non-hydrogen) atoms. The van der Waals surface area contributed by atoms with Gasteiger partial charge in [-0.25, -0.2) is 17.5 Å². The predicted octanol–water partition coefficient (Wildman–Crippen LogP) is 0.645. The van der Waals surface area contributed by atoms with Crippen LogP contribution in [0, 0.1) is 11.7 Å². The lowest BCUT2D eigenvalue weighted by molar-refractivity contribution is -0.140. The van der Waals surface area contributed by atoms with E-state index < -0.39 is 27.7 Å². The second kappa shape index (κ2) is 5.37. The molecule has 1 atom stereocenters. The van der Waals surface area contributed by atoms with Crippen molar-refractivity contribution in [2.24, 2.45) is 5.92 Å². The number of halogens is 1. The molecule has 2 rings (SSSR count). The van der Waals surface area contributed by atoms with Gasteiger partial charge in [-0.3, -0.25) is 4.79 Å². The fourth-order valence-electron chi connectivity index (χ4n) is 2.21. The van der Waals surface area contributed by atoms with Crippen molar-refractivity contribution in [2.45, 2.75) is 11.3 Å². The molecule has 0 bridgehead atoms. The minimum Gasteiger partial charge on any atom is -0.481 e. The predicted molar refractivity (Wildman–Crippen MR) is 70.6 cm³/mol. The van der Waals surface area contributed by atoms with Gasteiger partial charge in [0.1, 0.15) is 5.82 Å². The highest BCUT2D eigenvalue weighted by atomic mass is 32.2. The molecule has 0 spiro atoms. The SMILES string of the molecule is CNS(=O)(=O)c1ccc(N2CCC(C(=O)O)C2)c(F)c1. The molecule has 0 saturated carbocycles. The van der Waals surface area contributed by atoms with Crippen LogP contribution >= 0.6 is 0 Å². The number of sulfonamides is 1. The van der Waals surface area contributed by atoms with E-state index in [1.807, 2.05) is 0 Å². The Labute approximate surface area is 116 Å². The van der Waals surface area contributed by atoms with E-state index in [1.165, 1.54) is 19.2 Å². The Morgan fingerprint density at radius 3 is 2.70 bits per heavy atom. The van der Waals surface area contributed by atoms with Crippen molar-refractivity contribution in [3.63, 3.8) is 0 Å². The molecule has 1 aliphatic heterocycles. The summed E-state index contributed by atoms with van der Waals surface area (Å²) in [6.45, 7) is 0.663. The molecule has 1 heterocycles. The maximum absolute atomic E-state index is 14.0. The summed E-state index contributed by atoms with van der Waals surface area (Å²) in [5.41, 5.74) is 0.226. The molecule has 0 amide bonds. The minimum atomic E-state index is -3.69. The first kappa shape index (κ1) is 14.7.